The maximum Gasteiger partial charge on any atom is 0.222 e. The summed E-state index contributed by atoms with van der Waals surface area (Å²) in [5.74, 6) is 0.989. The number of ketones is 1. The van der Waals surface area contributed by atoms with Crippen LogP contribution >= 0.6 is 11.3 Å². The Balaban J connectivity index is 1.66. The van der Waals surface area contributed by atoms with Crippen LogP contribution in [0, 0.1) is 0 Å². The lowest BCUT2D eigenvalue weighted by molar-refractivity contribution is 0.0963. The number of fused-ring (bicyclic) bond motifs is 1. The number of ether oxygens (including phenoxy) is 1. The number of nitrogens with zero attached hydrogens (tertiary/aromatic N) is 2. The Morgan fingerprint density at radius 1 is 1.43 bits per heavy atom. The number of carbonyl (C=O) groups is 1. The third-order valence-corrected chi connectivity index (χ3v) is 4.97. The number of anilines is 1. The van der Waals surface area contributed by atoms with E-state index in [9.17, 15) is 4.79 Å². The standard InChI is InChI=1S/C17H21N3O2S/c1-2-22-7-4-6-18-17-19-11-13-14(20-17)9-12(10-15(13)21)16-5-3-8-23-16/h3,5,8,11-12H,2,4,6-7,9-10H2,1H3,(H,18,19,20)/t12-/m0/s1. The second kappa shape index (κ2) is 7.66. The summed E-state index contributed by atoms with van der Waals surface area (Å²) < 4.78 is 5.31. The second-order valence-electron chi connectivity index (χ2n) is 5.57. The highest BCUT2D eigenvalue weighted by Gasteiger charge is 2.28. The van der Waals surface area contributed by atoms with Crippen LogP contribution in [0.15, 0.2) is 23.7 Å². The maximum atomic E-state index is 12.3. The Morgan fingerprint density at radius 3 is 3.13 bits per heavy atom. The highest BCUT2D eigenvalue weighted by Crippen LogP contribution is 2.34. The van der Waals surface area contributed by atoms with Crippen molar-refractivity contribution in [1.82, 2.24) is 9.97 Å². The zero-order valence-electron chi connectivity index (χ0n) is 13.2. The summed E-state index contributed by atoms with van der Waals surface area (Å²) in [6.07, 6.45) is 3.93. The summed E-state index contributed by atoms with van der Waals surface area (Å²) in [6, 6.07) is 4.13. The molecule has 122 valence electrons. The SMILES string of the molecule is CCOCCCNc1ncc2c(n1)C[C@H](c1cccs1)CC2=O. The van der Waals surface area contributed by atoms with Crippen molar-refractivity contribution < 1.29 is 9.53 Å². The van der Waals surface area contributed by atoms with Crippen molar-refractivity contribution in [2.45, 2.75) is 32.1 Å². The van der Waals surface area contributed by atoms with Crippen molar-refractivity contribution in [3.8, 4) is 0 Å². The molecule has 0 saturated carbocycles. The first-order chi connectivity index (χ1) is 11.3. The fourth-order valence-corrected chi connectivity index (χ4v) is 3.60. The number of hydrogen-bond donors (Lipinski definition) is 1. The summed E-state index contributed by atoms with van der Waals surface area (Å²) in [5, 5.41) is 5.26. The monoisotopic (exact) mass is 331 g/mol. The third kappa shape index (κ3) is 3.95. The molecule has 0 spiro atoms. The molecular formula is C17H21N3O2S. The molecule has 0 bridgehead atoms. The number of hydrogen-bond acceptors (Lipinski definition) is 6. The van der Waals surface area contributed by atoms with Gasteiger partial charge in [-0.3, -0.25) is 4.79 Å². The van der Waals surface area contributed by atoms with E-state index in [1.165, 1.54) is 4.88 Å². The van der Waals surface area contributed by atoms with Crippen LogP contribution < -0.4 is 5.32 Å². The van der Waals surface area contributed by atoms with Crippen molar-refractivity contribution in [3.05, 3.63) is 39.8 Å². The Hall–Kier alpha value is -1.79. The van der Waals surface area contributed by atoms with E-state index in [4.69, 9.17) is 4.74 Å². The molecule has 6 heteroatoms. The molecule has 2 aromatic heterocycles. The summed E-state index contributed by atoms with van der Waals surface area (Å²) in [4.78, 5) is 22.4. The first-order valence-corrected chi connectivity index (χ1v) is 8.90. The molecule has 1 aliphatic rings. The molecule has 0 aromatic carbocycles. The van der Waals surface area contributed by atoms with Gasteiger partial charge < -0.3 is 10.1 Å². The fraction of sp³-hybridized carbons (Fsp3) is 0.471. The van der Waals surface area contributed by atoms with Gasteiger partial charge in [0.15, 0.2) is 5.78 Å². The predicted octanol–water partition coefficient (Wildman–Crippen LogP) is 3.29. The van der Waals surface area contributed by atoms with Gasteiger partial charge in [-0.1, -0.05) is 6.07 Å². The zero-order valence-corrected chi connectivity index (χ0v) is 14.1. The van der Waals surface area contributed by atoms with Crippen molar-refractivity contribution in [3.63, 3.8) is 0 Å². The molecule has 0 radical (unpaired) electrons. The van der Waals surface area contributed by atoms with Crippen molar-refractivity contribution in [2.24, 2.45) is 0 Å². The summed E-state index contributed by atoms with van der Waals surface area (Å²) >= 11 is 1.71. The van der Waals surface area contributed by atoms with Gasteiger partial charge in [-0.05, 0) is 31.2 Å². The van der Waals surface area contributed by atoms with Crippen LogP contribution in [0.1, 0.15) is 46.6 Å². The molecule has 2 heterocycles. The van der Waals surface area contributed by atoms with E-state index in [0.717, 1.165) is 38.3 Å². The molecule has 0 unspecified atom stereocenters. The number of Topliss-reactive ketones (excluding diaryl/α,β-unsaturated/α-hetero) is 1. The molecule has 1 N–H and O–H groups in total. The molecule has 23 heavy (non-hydrogen) atoms. The van der Waals surface area contributed by atoms with Gasteiger partial charge in [-0.2, -0.15) is 0 Å². The van der Waals surface area contributed by atoms with E-state index in [0.29, 0.717) is 17.9 Å². The molecule has 1 atom stereocenters. The van der Waals surface area contributed by atoms with Crippen molar-refractivity contribution in [1.29, 1.82) is 0 Å². The summed E-state index contributed by atoms with van der Waals surface area (Å²) in [7, 11) is 0. The zero-order chi connectivity index (χ0) is 16.1. The first kappa shape index (κ1) is 16.1. The molecule has 0 fully saturated rings. The van der Waals surface area contributed by atoms with Gasteiger partial charge in [0.1, 0.15) is 0 Å². The van der Waals surface area contributed by atoms with Crippen LogP contribution in [-0.4, -0.2) is 35.5 Å². The maximum absolute atomic E-state index is 12.3. The summed E-state index contributed by atoms with van der Waals surface area (Å²) in [5.41, 5.74) is 1.54. The number of thiophene rings is 1. The van der Waals surface area contributed by atoms with Crippen LogP contribution in [0.5, 0.6) is 0 Å². The summed E-state index contributed by atoms with van der Waals surface area (Å²) in [6.45, 7) is 4.22. The first-order valence-electron chi connectivity index (χ1n) is 8.02. The smallest absolute Gasteiger partial charge is 0.222 e. The van der Waals surface area contributed by atoms with Gasteiger partial charge in [-0.15, -0.1) is 11.3 Å². The quantitative estimate of drug-likeness (QED) is 0.789. The van der Waals surface area contributed by atoms with E-state index >= 15 is 0 Å². The Kier molecular flexibility index (Phi) is 5.35. The average molecular weight is 331 g/mol. The van der Waals surface area contributed by atoms with Crippen molar-refractivity contribution in [2.75, 3.05) is 25.1 Å². The number of rotatable bonds is 7. The Morgan fingerprint density at radius 2 is 2.35 bits per heavy atom. The van der Waals surface area contributed by atoms with Gasteiger partial charge >= 0.3 is 0 Å². The van der Waals surface area contributed by atoms with Gasteiger partial charge in [0.05, 0.1) is 11.3 Å². The molecule has 3 rings (SSSR count). The number of carbonyl (C=O) groups excluding carboxylic acids is 1. The van der Waals surface area contributed by atoms with E-state index in [1.54, 1.807) is 17.5 Å². The van der Waals surface area contributed by atoms with Gasteiger partial charge in [0.2, 0.25) is 5.95 Å². The van der Waals surface area contributed by atoms with Crippen LogP contribution in [0.4, 0.5) is 5.95 Å². The molecule has 2 aromatic rings. The van der Waals surface area contributed by atoms with E-state index in [-0.39, 0.29) is 11.7 Å². The van der Waals surface area contributed by atoms with E-state index < -0.39 is 0 Å². The minimum Gasteiger partial charge on any atom is -0.382 e. The third-order valence-electron chi connectivity index (χ3n) is 3.94. The molecular weight excluding hydrogens is 310 g/mol. The van der Waals surface area contributed by atoms with Crippen LogP contribution in [-0.2, 0) is 11.2 Å². The fourth-order valence-electron chi connectivity index (χ4n) is 2.77. The predicted molar refractivity (Wildman–Crippen MR) is 91.3 cm³/mol. The lowest BCUT2D eigenvalue weighted by Crippen LogP contribution is -2.21. The largest absolute Gasteiger partial charge is 0.382 e. The topological polar surface area (TPSA) is 64.1 Å². The molecule has 0 aliphatic heterocycles. The lowest BCUT2D eigenvalue weighted by Gasteiger charge is -2.22. The van der Waals surface area contributed by atoms with Gasteiger partial charge in [-0.25, -0.2) is 9.97 Å². The van der Waals surface area contributed by atoms with Crippen LogP contribution in [0.25, 0.3) is 0 Å². The Bertz CT molecular complexity index is 658. The van der Waals surface area contributed by atoms with E-state index in [1.807, 2.05) is 13.0 Å². The molecule has 1 aliphatic carbocycles. The number of aromatic nitrogens is 2. The minimum atomic E-state index is 0.146. The van der Waals surface area contributed by atoms with Gasteiger partial charge in [0, 0.05) is 43.2 Å². The number of nitrogens with one attached hydrogen (secondary N) is 1. The molecule has 0 amide bonds. The lowest BCUT2D eigenvalue weighted by atomic mass is 9.86. The van der Waals surface area contributed by atoms with Crippen LogP contribution in [0.2, 0.25) is 0 Å². The van der Waals surface area contributed by atoms with Gasteiger partial charge in [0.25, 0.3) is 0 Å². The van der Waals surface area contributed by atoms with Crippen molar-refractivity contribution >= 4 is 23.1 Å². The highest BCUT2D eigenvalue weighted by atomic mass is 32.1. The van der Waals surface area contributed by atoms with Crippen LogP contribution in [0.3, 0.4) is 0 Å². The molecule has 0 saturated heterocycles. The second-order valence-corrected chi connectivity index (χ2v) is 6.55. The molecule has 5 nitrogen and oxygen atoms in total. The minimum absolute atomic E-state index is 0.146. The average Bonchev–Trinajstić information content (AvgIpc) is 3.09. The Labute approximate surface area is 140 Å². The highest BCUT2D eigenvalue weighted by molar-refractivity contribution is 7.10. The van der Waals surface area contributed by atoms with E-state index in [2.05, 4.69) is 26.7 Å². The normalized spacial score (nSPS) is 17.1.